The van der Waals surface area contributed by atoms with Crippen molar-refractivity contribution in [1.29, 1.82) is 0 Å². The van der Waals surface area contributed by atoms with Crippen LogP contribution in [0.2, 0.25) is 0 Å². The molecule has 3 aliphatic rings. The van der Waals surface area contributed by atoms with Crippen LogP contribution in [-0.4, -0.2) is 14.5 Å². The van der Waals surface area contributed by atoms with Crippen molar-refractivity contribution in [2.45, 2.75) is 57.1 Å². The molecule has 0 N–H and O–H groups in total. The Morgan fingerprint density at radius 1 is 1.26 bits per heavy atom. The Morgan fingerprint density at radius 2 is 2.09 bits per heavy atom. The first-order valence-corrected chi connectivity index (χ1v) is 9.94. The largest absolute Gasteiger partial charge is 0.772 e. The van der Waals surface area contributed by atoms with Gasteiger partial charge in [0.1, 0.15) is 5.78 Å². The quantitative estimate of drug-likeness (QED) is 0.780. The first-order valence-electron chi connectivity index (χ1n) is 8.70. The molecular weight excluding hydrogens is 308 g/mol. The number of carbonyl (C=O) groups is 1. The number of ketones is 1. The van der Waals surface area contributed by atoms with Crippen molar-refractivity contribution in [2.75, 3.05) is 0 Å². The van der Waals surface area contributed by atoms with E-state index < -0.39 is 11.1 Å². The SMILES string of the molecule is CC12CCC3c4ccc(CS(=O)[O-])cc4CCC3C1CCC2=O. The molecule has 4 rings (SSSR count). The fourth-order valence-corrected chi connectivity index (χ4v) is 6.08. The Bertz CT molecular complexity index is 683. The number of rotatable bonds is 2. The van der Waals surface area contributed by atoms with Gasteiger partial charge in [0.2, 0.25) is 0 Å². The van der Waals surface area contributed by atoms with E-state index in [0.717, 1.165) is 44.1 Å². The summed E-state index contributed by atoms with van der Waals surface area (Å²) in [5.74, 6) is 2.34. The molecule has 0 spiro atoms. The Balaban J connectivity index is 1.65. The van der Waals surface area contributed by atoms with Crippen LogP contribution >= 0.6 is 0 Å². The highest BCUT2D eigenvalue weighted by Gasteiger charge is 2.54. The van der Waals surface area contributed by atoms with E-state index in [4.69, 9.17) is 0 Å². The molecule has 5 atom stereocenters. The van der Waals surface area contributed by atoms with Gasteiger partial charge < -0.3 is 4.55 Å². The summed E-state index contributed by atoms with van der Waals surface area (Å²) in [6, 6.07) is 6.23. The van der Waals surface area contributed by atoms with E-state index in [1.807, 2.05) is 6.07 Å². The van der Waals surface area contributed by atoms with Crippen molar-refractivity contribution < 1.29 is 13.6 Å². The Morgan fingerprint density at radius 3 is 2.87 bits per heavy atom. The van der Waals surface area contributed by atoms with Crippen LogP contribution < -0.4 is 0 Å². The molecule has 124 valence electrons. The molecule has 0 aliphatic heterocycles. The van der Waals surface area contributed by atoms with Crippen LogP contribution in [0.3, 0.4) is 0 Å². The van der Waals surface area contributed by atoms with Gasteiger partial charge in [0.15, 0.2) is 0 Å². The molecule has 0 heterocycles. The average molecular weight is 331 g/mol. The van der Waals surface area contributed by atoms with E-state index in [9.17, 15) is 13.6 Å². The molecule has 3 nitrogen and oxygen atoms in total. The smallest absolute Gasteiger partial charge is 0.139 e. The lowest BCUT2D eigenvalue weighted by molar-refractivity contribution is -0.129. The number of hydrogen-bond acceptors (Lipinski definition) is 3. The zero-order valence-electron chi connectivity index (χ0n) is 13.5. The molecular formula is C19H23O3S-. The average Bonchev–Trinajstić information content (AvgIpc) is 2.82. The number of benzene rings is 1. The van der Waals surface area contributed by atoms with E-state index in [1.165, 1.54) is 11.1 Å². The summed E-state index contributed by atoms with van der Waals surface area (Å²) >= 11 is -2.03. The topological polar surface area (TPSA) is 57.2 Å². The molecule has 0 saturated heterocycles. The molecule has 0 radical (unpaired) electrons. The lowest BCUT2D eigenvalue weighted by Gasteiger charge is -2.48. The molecule has 1 aromatic carbocycles. The van der Waals surface area contributed by atoms with Gasteiger partial charge in [-0.1, -0.05) is 36.2 Å². The van der Waals surface area contributed by atoms with Crippen LogP contribution in [0.15, 0.2) is 18.2 Å². The van der Waals surface area contributed by atoms with Gasteiger partial charge in [0, 0.05) is 17.6 Å². The standard InChI is InChI=1S/C19H24O3S/c1-19-9-8-15-14-4-2-12(11-23(21)22)10-13(14)3-5-16(15)17(19)6-7-18(19)20/h2,4,10,15-17H,3,5-9,11H2,1H3,(H,21,22)/p-1. The van der Waals surface area contributed by atoms with Crippen molar-refractivity contribution in [3.63, 3.8) is 0 Å². The Kier molecular flexibility index (Phi) is 3.73. The van der Waals surface area contributed by atoms with Crippen LogP contribution in [0.1, 0.15) is 61.6 Å². The van der Waals surface area contributed by atoms with Gasteiger partial charge in [-0.25, -0.2) is 0 Å². The maximum absolute atomic E-state index is 12.3. The number of aryl methyl sites for hydroxylation is 1. The molecule has 0 bridgehead atoms. The van der Waals surface area contributed by atoms with Gasteiger partial charge in [0.05, 0.1) is 0 Å². The zero-order valence-corrected chi connectivity index (χ0v) is 14.4. The van der Waals surface area contributed by atoms with Gasteiger partial charge in [-0.3, -0.25) is 9.00 Å². The monoisotopic (exact) mass is 331 g/mol. The highest BCUT2D eigenvalue weighted by Crippen LogP contribution is 2.59. The molecule has 5 unspecified atom stereocenters. The molecule has 2 saturated carbocycles. The highest BCUT2D eigenvalue weighted by atomic mass is 32.2. The number of hydrogen-bond donors (Lipinski definition) is 0. The third-order valence-electron chi connectivity index (χ3n) is 6.78. The number of carbonyl (C=O) groups excluding carboxylic acids is 1. The molecule has 0 aromatic heterocycles. The Labute approximate surface area is 140 Å². The van der Waals surface area contributed by atoms with Crippen LogP contribution in [0.25, 0.3) is 0 Å². The molecule has 3 aliphatic carbocycles. The molecule has 2 fully saturated rings. The van der Waals surface area contributed by atoms with E-state index in [-0.39, 0.29) is 11.2 Å². The Hall–Kier alpha value is -1.00. The molecule has 1 aromatic rings. The third kappa shape index (κ3) is 2.42. The van der Waals surface area contributed by atoms with E-state index in [1.54, 1.807) is 0 Å². The molecule has 0 amide bonds. The van der Waals surface area contributed by atoms with E-state index in [2.05, 4.69) is 19.1 Å². The summed E-state index contributed by atoms with van der Waals surface area (Å²) in [6.45, 7) is 2.20. The summed E-state index contributed by atoms with van der Waals surface area (Å²) in [6.07, 6.45) is 6.13. The van der Waals surface area contributed by atoms with Crippen molar-refractivity contribution >= 4 is 16.9 Å². The predicted molar refractivity (Wildman–Crippen MR) is 88.7 cm³/mol. The lowest BCUT2D eigenvalue weighted by atomic mass is 9.55. The zero-order chi connectivity index (χ0) is 16.2. The second kappa shape index (κ2) is 5.52. The summed E-state index contributed by atoms with van der Waals surface area (Å²) in [4.78, 5) is 12.3. The second-order valence-corrected chi connectivity index (χ2v) is 8.71. The maximum Gasteiger partial charge on any atom is 0.139 e. The minimum absolute atomic E-state index is 0.0714. The van der Waals surface area contributed by atoms with Crippen molar-refractivity contribution in [3.05, 3.63) is 34.9 Å². The summed E-state index contributed by atoms with van der Waals surface area (Å²) in [5.41, 5.74) is 3.58. The van der Waals surface area contributed by atoms with Crippen LogP contribution in [0, 0.1) is 17.3 Å². The van der Waals surface area contributed by atoms with Crippen molar-refractivity contribution in [2.24, 2.45) is 17.3 Å². The third-order valence-corrected chi connectivity index (χ3v) is 7.35. The van der Waals surface area contributed by atoms with E-state index >= 15 is 0 Å². The fourth-order valence-electron chi connectivity index (χ4n) is 5.63. The van der Waals surface area contributed by atoms with Crippen molar-refractivity contribution in [3.8, 4) is 0 Å². The van der Waals surface area contributed by atoms with E-state index in [0.29, 0.717) is 23.5 Å². The minimum atomic E-state index is -2.03. The molecule has 4 heteroatoms. The lowest BCUT2D eigenvalue weighted by Crippen LogP contribution is -2.42. The normalized spacial score (nSPS) is 37.0. The second-order valence-electron chi connectivity index (χ2n) is 7.81. The fraction of sp³-hybridized carbons (Fsp3) is 0.632. The molecule has 23 heavy (non-hydrogen) atoms. The first-order chi connectivity index (χ1) is 11.0. The van der Waals surface area contributed by atoms with Crippen LogP contribution in [0.5, 0.6) is 0 Å². The first kappa shape index (κ1) is 15.5. The highest BCUT2D eigenvalue weighted by molar-refractivity contribution is 7.78. The maximum atomic E-state index is 12.3. The van der Waals surface area contributed by atoms with Gasteiger partial charge in [-0.05, 0) is 66.5 Å². The van der Waals surface area contributed by atoms with Gasteiger partial charge in [-0.2, -0.15) is 0 Å². The predicted octanol–water partition coefficient (Wildman–Crippen LogP) is 3.49. The van der Waals surface area contributed by atoms with Gasteiger partial charge >= 0.3 is 0 Å². The van der Waals surface area contributed by atoms with Crippen molar-refractivity contribution in [1.82, 2.24) is 0 Å². The minimum Gasteiger partial charge on any atom is -0.772 e. The number of Topliss-reactive ketones (excluding diaryl/α,β-unsaturated/α-hetero) is 1. The number of fused-ring (bicyclic) bond motifs is 5. The van der Waals surface area contributed by atoms with Crippen LogP contribution in [-0.2, 0) is 28.0 Å². The van der Waals surface area contributed by atoms with Gasteiger partial charge in [0.25, 0.3) is 0 Å². The summed E-state index contributed by atoms with van der Waals surface area (Å²) in [7, 11) is 0. The van der Waals surface area contributed by atoms with Crippen LogP contribution in [0.4, 0.5) is 0 Å². The summed E-state index contributed by atoms with van der Waals surface area (Å²) < 4.78 is 21.8. The van der Waals surface area contributed by atoms with Gasteiger partial charge in [-0.15, -0.1) is 0 Å². The summed E-state index contributed by atoms with van der Waals surface area (Å²) in [5, 5.41) is 0.